The van der Waals surface area contributed by atoms with Gasteiger partial charge in [-0.1, -0.05) is 12.1 Å². The van der Waals surface area contributed by atoms with Crippen LogP contribution in [0.4, 0.5) is 22.0 Å². The van der Waals surface area contributed by atoms with Crippen molar-refractivity contribution in [3.8, 4) is 0 Å². The smallest absolute Gasteiger partial charge is 0.350 e. The molecule has 0 spiro atoms. The second kappa shape index (κ2) is 6.98. The molecule has 1 atom stereocenters. The summed E-state index contributed by atoms with van der Waals surface area (Å²) in [6.07, 6.45) is 0.993. The van der Waals surface area contributed by atoms with Crippen molar-refractivity contribution in [2.45, 2.75) is 13.0 Å². The van der Waals surface area contributed by atoms with Crippen LogP contribution in [0.5, 0.6) is 0 Å². The molecule has 4 rings (SSSR count). The third-order valence-electron chi connectivity index (χ3n) is 4.78. The second-order valence-electron chi connectivity index (χ2n) is 6.79. The van der Waals surface area contributed by atoms with Crippen LogP contribution in [-0.2, 0) is 4.84 Å². The van der Waals surface area contributed by atoms with Crippen molar-refractivity contribution in [1.29, 1.82) is 0 Å². The number of nitrogens with one attached hydrogen (secondary N) is 1. The number of hydrogen-bond donors (Lipinski definition) is 1. The minimum Gasteiger partial charge on any atom is -0.350 e. The van der Waals surface area contributed by atoms with Gasteiger partial charge in [-0.15, -0.1) is 5.06 Å². The van der Waals surface area contributed by atoms with Crippen LogP contribution in [0.25, 0.3) is 0 Å². The molecule has 1 aromatic heterocycles. The monoisotopic (exact) mass is 367 g/mol. The lowest BCUT2D eigenvalue weighted by molar-refractivity contribution is -0.147. The number of anilines is 3. The Morgan fingerprint density at radius 2 is 2.04 bits per heavy atom. The van der Waals surface area contributed by atoms with Crippen LogP contribution in [0, 0.1) is 0 Å². The van der Waals surface area contributed by atoms with E-state index in [4.69, 9.17) is 4.84 Å². The van der Waals surface area contributed by atoms with E-state index < -0.39 is 6.09 Å². The maximum atomic E-state index is 13.1. The molecule has 0 saturated carbocycles. The maximum absolute atomic E-state index is 13.1. The van der Waals surface area contributed by atoms with Gasteiger partial charge in [0.2, 0.25) is 0 Å². The van der Waals surface area contributed by atoms with Gasteiger partial charge >= 0.3 is 6.09 Å². The van der Waals surface area contributed by atoms with Gasteiger partial charge < -0.3 is 15.1 Å². The Bertz CT molecular complexity index is 887. The zero-order valence-electron chi connectivity index (χ0n) is 15.3. The number of fused-ring (bicyclic) bond motifs is 2. The number of benzene rings is 1. The topological polar surface area (TPSA) is 78.0 Å². The van der Waals surface area contributed by atoms with Crippen LogP contribution in [0.1, 0.15) is 17.3 Å². The van der Waals surface area contributed by atoms with Crippen LogP contribution in [0.3, 0.4) is 0 Å². The predicted molar refractivity (Wildman–Crippen MR) is 101 cm³/mol. The summed E-state index contributed by atoms with van der Waals surface area (Å²) in [5, 5.41) is 4.50. The number of rotatable bonds is 1. The van der Waals surface area contributed by atoms with Crippen molar-refractivity contribution >= 4 is 29.2 Å². The number of nitrogens with zero attached hydrogens (tertiary/aromatic N) is 4. The van der Waals surface area contributed by atoms with Gasteiger partial charge in [-0.05, 0) is 38.2 Å². The highest BCUT2D eigenvalue weighted by molar-refractivity contribution is 6.16. The number of carbonyl (C=O) groups excluding carboxylic acids is 2. The molecule has 0 radical (unpaired) electrons. The second-order valence-corrected chi connectivity index (χ2v) is 6.79. The average Bonchev–Trinajstić information content (AvgIpc) is 2.78. The summed E-state index contributed by atoms with van der Waals surface area (Å²) in [6, 6.07) is 10.4. The van der Waals surface area contributed by atoms with Crippen molar-refractivity contribution in [2.75, 3.05) is 36.9 Å². The summed E-state index contributed by atoms with van der Waals surface area (Å²) >= 11 is 0. The minimum atomic E-state index is -0.588. The molecule has 1 N–H and O–H groups in total. The number of para-hydroxylation sites is 1. The Labute approximate surface area is 157 Å². The zero-order chi connectivity index (χ0) is 19.0. The van der Waals surface area contributed by atoms with E-state index in [1.54, 1.807) is 47.7 Å². The molecular formula is C19H21N5O3. The highest BCUT2D eigenvalue weighted by Crippen LogP contribution is 2.36. The van der Waals surface area contributed by atoms with E-state index in [0.717, 1.165) is 13.1 Å². The molecule has 2 aromatic rings. The van der Waals surface area contributed by atoms with Gasteiger partial charge in [0.25, 0.3) is 5.91 Å². The fourth-order valence-electron chi connectivity index (χ4n) is 3.42. The average molecular weight is 367 g/mol. The number of pyridine rings is 1. The van der Waals surface area contributed by atoms with E-state index in [0.29, 0.717) is 29.3 Å². The standard InChI is InChI=1S/C19H21N5O3/c1-13-12-22(2)10-11-23(13)27-19(26)24-16-8-4-3-6-14(16)18(25)21-15-7-5-9-20-17(15)24/h3-9,13H,10-12H2,1-2H3,(H,21,25). The van der Waals surface area contributed by atoms with Crippen molar-refractivity contribution in [3.05, 3.63) is 48.2 Å². The van der Waals surface area contributed by atoms with Crippen molar-refractivity contribution < 1.29 is 14.4 Å². The van der Waals surface area contributed by atoms with Crippen LogP contribution in [0.15, 0.2) is 42.6 Å². The van der Waals surface area contributed by atoms with Gasteiger partial charge in [-0.25, -0.2) is 14.7 Å². The Kier molecular flexibility index (Phi) is 4.51. The van der Waals surface area contributed by atoms with E-state index in [1.807, 2.05) is 14.0 Å². The van der Waals surface area contributed by atoms with Crippen LogP contribution < -0.4 is 10.2 Å². The van der Waals surface area contributed by atoms with E-state index in [2.05, 4.69) is 15.2 Å². The molecule has 3 heterocycles. The van der Waals surface area contributed by atoms with Gasteiger partial charge in [0.05, 0.1) is 23.0 Å². The lowest BCUT2D eigenvalue weighted by Crippen LogP contribution is -2.52. The third-order valence-corrected chi connectivity index (χ3v) is 4.78. The van der Waals surface area contributed by atoms with Gasteiger partial charge in [-0.2, -0.15) is 0 Å². The Morgan fingerprint density at radius 1 is 1.22 bits per heavy atom. The van der Waals surface area contributed by atoms with Crippen LogP contribution in [0.2, 0.25) is 0 Å². The molecule has 27 heavy (non-hydrogen) atoms. The first-order chi connectivity index (χ1) is 13.0. The quantitative estimate of drug-likeness (QED) is 0.834. The lowest BCUT2D eigenvalue weighted by atomic mass is 10.1. The number of hydrogen-bond acceptors (Lipinski definition) is 6. The molecule has 2 aliphatic heterocycles. The number of amides is 2. The van der Waals surface area contributed by atoms with Gasteiger partial charge in [0.1, 0.15) is 0 Å². The summed E-state index contributed by atoms with van der Waals surface area (Å²) in [6.45, 7) is 4.24. The number of hydroxylamine groups is 2. The van der Waals surface area contributed by atoms with Gasteiger partial charge in [0.15, 0.2) is 5.82 Å². The molecule has 0 aliphatic carbocycles. The predicted octanol–water partition coefficient (Wildman–Crippen LogP) is 2.47. The Balaban J connectivity index is 1.71. The largest absolute Gasteiger partial charge is 0.439 e. The molecule has 1 unspecified atom stereocenters. The van der Waals surface area contributed by atoms with E-state index in [-0.39, 0.29) is 11.9 Å². The van der Waals surface area contributed by atoms with E-state index >= 15 is 0 Å². The third kappa shape index (κ3) is 3.24. The molecule has 1 aromatic carbocycles. The van der Waals surface area contributed by atoms with Crippen molar-refractivity contribution in [1.82, 2.24) is 14.9 Å². The normalized spacial score (nSPS) is 20.3. The SMILES string of the molecule is CC1CN(C)CCN1OC(=O)N1c2ccccc2C(=O)Nc2cccnc21. The fourth-order valence-corrected chi connectivity index (χ4v) is 3.42. The first kappa shape index (κ1) is 17.4. The summed E-state index contributed by atoms with van der Waals surface area (Å²) in [5.41, 5.74) is 1.29. The molecule has 8 nitrogen and oxygen atoms in total. The summed E-state index contributed by atoms with van der Waals surface area (Å²) in [7, 11) is 2.04. The summed E-state index contributed by atoms with van der Waals surface area (Å²) in [4.78, 5) is 39.3. The molecule has 0 bridgehead atoms. The number of aromatic nitrogens is 1. The highest BCUT2D eigenvalue weighted by atomic mass is 16.7. The van der Waals surface area contributed by atoms with Gasteiger partial charge in [0, 0.05) is 25.8 Å². The molecule has 2 aliphatic rings. The summed E-state index contributed by atoms with van der Waals surface area (Å²) in [5.74, 6) is 0.0469. The molecule has 140 valence electrons. The molecular weight excluding hydrogens is 346 g/mol. The number of likely N-dealkylation sites (N-methyl/N-ethyl adjacent to an activating group) is 1. The molecule has 2 amide bonds. The van der Waals surface area contributed by atoms with E-state index in [9.17, 15) is 9.59 Å². The van der Waals surface area contributed by atoms with Crippen LogP contribution in [-0.4, -0.2) is 59.7 Å². The van der Waals surface area contributed by atoms with Crippen LogP contribution >= 0.6 is 0 Å². The highest BCUT2D eigenvalue weighted by Gasteiger charge is 2.34. The van der Waals surface area contributed by atoms with Crippen molar-refractivity contribution in [2.24, 2.45) is 0 Å². The fraction of sp³-hybridized carbons (Fsp3) is 0.316. The van der Waals surface area contributed by atoms with Gasteiger partial charge in [-0.3, -0.25) is 4.79 Å². The Morgan fingerprint density at radius 3 is 2.85 bits per heavy atom. The summed E-state index contributed by atoms with van der Waals surface area (Å²) < 4.78 is 0. The zero-order valence-corrected chi connectivity index (χ0v) is 15.3. The first-order valence-corrected chi connectivity index (χ1v) is 8.87. The molecule has 1 fully saturated rings. The van der Waals surface area contributed by atoms with Crippen molar-refractivity contribution in [3.63, 3.8) is 0 Å². The Hall–Kier alpha value is -2.97. The lowest BCUT2D eigenvalue weighted by Gasteiger charge is -2.37. The maximum Gasteiger partial charge on any atom is 0.439 e. The molecule has 1 saturated heterocycles. The van der Waals surface area contributed by atoms with E-state index in [1.165, 1.54) is 4.90 Å². The number of piperazine rings is 1. The minimum absolute atomic E-state index is 0.0675. The molecule has 8 heteroatoms. The first-order valence-electron chi connectivity index (χ1n) is 8.87. The number of carbonyl (C=O) groups is 2.